The Morgan fingerprint density at radius 1 is 1.10 bits per heavy atom. The van der Waals surface area contributed by atoms with Crippen molar-refractivity contribution in [2.75, 3.05) is 13.2 Å². The molecule has 0 bridgehead atoms. The van der Waals surface area contributed by atoms with Crippen LogP contribution in [-0.2, 0) is 0 Å². The first-order valence-electron chi connectivity index (χ1n) is 6.50. The molecular weight excluding hydrogens is 276 g/mol. The van der Waals surface area contributed by atoms with E-state index in [9.17, 15) is 0 Å². The van der Waals surface area contributed by atoms with Crippen molar-refractivity contribution in [1.29, 1.82) is 0 Å². The second-order valence-electron chi connectivity index (χ2n) is 4.63. The maximum atomic E-state index is 6.33. The van der Waals surface area contributed by atoms with E-state index in [0.717, 1.165) is 17.5 Å². The van der Waals surface area contributed by atoms with Gasteiger partial charge in [-0.3, -0.25) is 4.98 Å². The SMILES string of the molecule is NC(c1ccncc1)c1cc2c(cc1Cl)OCCCO2. The van der Waals surface area contributed by atoms with Crippen LogP contribution in [0.25, 0.3) is 0 Å². The van der Waals surface area contributed by atoms with Gasteiger partial charge in [-0.15, -0.1) is 0 Å². The number of hydrogen-bond donors (Lipinski definition) is 1. The van der Waals surface area contributed by atoms with Gasteiger partial charge in [0.2, 0.25) is 0 Å². The van der Waals surface area contributed by atoms with Crippen molar-refractivity contribution in [3.63, 3.8) is 0 Å². The average Bonchev–Trinajstić information content (AvgIpc) is 2.71. The van der Waals surface area contributed by atoms with E-state index < -0.39 is 0 Å². The molecule has 0 saturated heterocycles. The molecule has 0 amide bonds. The second-order valence-corrected chi connectivity index (χ2v) is 5.04. The van der Waals surface area contributed by atoms with E-state index in [1.807, 2.05) is 18.2 Å². The molecule has 1 aromatic carbocycles. The molecule has 20 heavy (non-hydrogen) atoms. The average molecular weight is 291 g/mol. The maximum Gasteiger partial charge on any atom is 0.162 e. The van der Waals surface area contributed by atoms with E-state index in [1.54, 1.807) is 18.5 Å². The van der Waals surface area contributed by atoms with Crippen LogP contribution in [0.4, 0.5) is 0 Å². The predicted molar refractivity (Wildman–Crippen MR) is 77.3 cm³/mol. The monoisotopic (exact) mass is 290 g/mol. The number of pyridine rings is 1. The van der Waals surface area contributed by atoms with Crippen LogP contribution in [0.2, 0.25) is 5.02 Å². The highest BCUT2D eigenvalue weighted by Gasteiger charge is 2.18. The minimum atomic E-state index is -0.317. The number of rotatable bonds is 2. The lowest BCUT2D eigenvalue weighted by Gasteiger charge is -2.17. The third-order valence-corrected chi connectivity index (χ3v) is 3.59. The number of fused-ring (bicyclic) bond motifs is 1. The molecule has 2 N–H and O–H groups in total. The van der Waals surface area contributed by atoms with Gasteiger partial charge in [-0.2, -0.15) is 0 Å². The van der Waals surface area contributed by atoms with E-state index >= 15 is 0 Å². The fourth-order valence-corrected chi connectivity index (χ4v) is 2.46. The molecule has 1 aromatic heterocycles. The molecule has 0 aliphatic carbocycles. The lowest BCUT2D eigenvalue weighted by Crippen LogP contribution is -2.12. The summed E-state index contributed by atoms with van der Waals surface area (Å²) in [4.78, 5) is 3.99. The number of hydrogen-bond acceptors (Lipinski definition) is 4. The Kier molecular flexibility index (Phi) is 3.76. The largest absolute Gasteiger partial charge is 0.490 e. The Morgan fingerprint density at radius 2 is 1.75 bits per heavy atom. The minimum absolute atomic E-state index is 0.317. The quantitative estimate of drug-likeness (QED) is 0.924. The summed E-state index contributed by atoms with van der Waals surface area (Å²) in [5.74, 6) is 1.38. The molecule has 2 heterocycles. The molecule has 1 atom stereocenters. The number of nitrogens with two attached hydrogens (primary N) is 1. The van der Waals surface area contributed by atoms with Gasteiger partial charge in [0, 0.05) is 29.9 Å². The van der Waals surface area contributed by atoms with Gasteiger partial charge in [-0.25, -0.2) is 0 Å². The van der Waals surface area contributed by atoms with Gasteiger partial charge < -0.3 is 15.2 Å². The fourth-order valence-electron chi connectivity index (χ4n) is 2.19. The second kappa shape index (κ2) is 5.69. The van der Waals surface area contributed by atoms with Gasteiger partial charge in [-0.05, 0) is 29.3 Å². The fraction of sp³-hybridized carbons (Fsp3) is 0.267. The molecule has 4 nitrogen and oxygen atoms in total. The van der Waals surface area contributed by atoms with Gasteiger partial charge in [0.15, 0.2) is 11.5 Å². The highest BCUT2D eigenvalue weighted by molar-refractivity contribution is 6.31. The highest BCUT2D eigenvalue weighted by atomic mass is 35.5. The van der Waals surface area contributed by atoms with Gasteiger partial charge in [-0.1, -0.05) is 11.6 Å². The zero-order valence-corrected chi connectivity index (χ0v) is 11.6. The molecule has 2 aromatic rings. The van der Waals surface area contributed by atoms with Gasteiger partial charge in [0.05, 0.1) is 19.3 Å². The topological polar surface area (TPSA) is 57.4 Å². The Morgan fingerprint density at radius 3 is 2.45 bits per heavy atom. The molecular formula is C15H15ClN2O2. The molecule has 0 spiro atoms. The Balaban J connectivity index is 1.99. The van der Waals surface area contributed by atoms with Crippen LogP contribution in [0.3, 0.4) is 0 Å². The summed E-state index contributed by atoms with van der Waals surface area (Å²) < 4.78 is 11.3. The van der Waals surface area contributed by atoms with E-state index in [-0.39, 0.29) is 6.04 Å². The highest BCUT2D eigenvalue weighted by Crippen LogP contribution is 2.38. The van der Waals surface area contributed by atoms with E-state index in [2.05, 4.69) is 4.98 Å². The van der Waals surface area contributed by atoms with Crippen molar-refractivity contribution < 1.29 is 9.47 Å². The first-order chi connectivity index (χ1) is 9.75. The van der Waals surface area contributed by atoms with Crippen molar-refractivity contribution in [1.82, 2.24) is 4.98 Å². The summed E-state index contributed by atoms with van der Waals surface area (Å²) >= 11 is 6.33. The lowest BCUT2D eigenvalue weighted by molar-refractivity contribution is 0.297. The lowest BCUT2D eigenvalue weighted by atomic mass is 10.00. The molecule has 1 aliphatic heterocycles. The van der Waals surface area contributed by atoms with Crippen LogP contribution >= 0.6 is 11.6 Å². The standard InChI is InChI=1S/C15H15ClN2O2/c16-12-9-14-13(19-6-1-7-20-14)8-11(12)15(17)10-2-4-18-5-3-10/h2-5,8-9,15H,1,6-7,17H2. The molecule has 3 rings (SSSR count). The first-order valence-corrected chi connectivity index (χ1v) is 6.88. The summed E-state index contributed by atoms with van der Waals surface area (Å²) in [7, 11) is 0. The van der Waals surface area contributed by atoms with Crippen LogP contribution < -0.4 is 15.2 Å². The zero-order chi connectivity index (χ0) is 13.9. The molecule has 1 aliphatic rings. The Labute approximate surface area is 122 Å². The Bertz CT molecular complexity index is 604. The summed E-state index contributed by atoms with van der Waals surface area (Å²) in [5.41, 5.74) is 8.06. The molecule has 0 saturated carbocycles. The first kappa shape index (κ1) is 13.2. The maximum absolute atomic E-state index is 6.33. The normalized spacial score (nSPS) is 15.5. The van der Waals surface area contributed by atoms with Gasteiger partial charge in [0.1, 0.15) is 0 Å². The van der Waals surface area contributed by atoms with E-state index in [0.29, 0.717) is 29.7 Å². The van der Waals surface area contributed by atoms with Gasteiger partial charge in [0.25, 0.3) is 0 Å². The number of benzene rings is 1. The Hall–Kier alpha value is -1.78. The number of aromatic nitrogens is 1. The van der Waals surface area contributed by atoms with E-state index in [1.165, 1.54) is 0 Å². The third kappa shape index (κ3) is 2.57. The third-order valence-electron chi connectivity index (χ3n) is 3.27. The molecule has 0 fully saturated rings. The van der Waals surface area contributed by atoms with Crippen molar-refractivity contribution in [3.05, 3.63) is 52.8 Å². The van der Waals surface area contributed by atoms with Crippen molar-refractivity contribution in [3.8, 4) is 11.5 Å². The summed E-state index contributed by atoms with van der Waals surface area (Å²) in [6.07, 6.45) is 4.29. The number of halogens is 1. The minimum Gasteiger partial charge on any atom is -0.490 e. The molecule has 0 radical (unpaired) electrons. The van der Waals surface area contributed by atoms with Crippen LogP contribution in [-0.4, -0.2) is 18.2 Å². The van der Waals surface area contributed by atoms with Crippen LogP contribution in [0.15, 0.2) is 36.7 Å². The summed E-state index contributed by atoms with van der Waals surface area (Å²) in [5, 5.41) is 0.582. The molecule has 5 heteroatoms. The van der Waals surface area contributed by atoms with Crippen molar-refractivity contribution in [2.45, 2.75) is 12.5 Å². The summed E-state index contributed by atoms with van der Waals surface area (Å²) in [6.45, 7) is 1.28. The van der Waals surface area contributed by atoms with Crippen LogP contribution in [0, 0.1) is 0 Å². The predicted octanol–water partition coefficient (Wildman–Crippen LogP) is 2.94. The zero-order valence-electron chi connectivity index (χ0n) is 10.9. The number of ether oxygens (including phenoxy) is 2. The van der Waals surface area contributed by atoms with Crippen LogP contribution in [0.1, 0.15) is 23.6 Å². The summed E-state index contributed by atoms with van der Waals surface area (Å²) in [6, 6.07) is 7.09. The van der Waals surface area contributed by atoms with Crippen molar-refractivity contribution >= 4 is 11.6 Å². The van der Waals surface area contributed by atoms with Crippen molar-refractivity contribution in [2.24, 2.45) is 5.73 Å². The van der Waals surface area contributed by atoms with E-state index in [4.69, 9.17) is 26.8 Å². The van der Waals surface area contributed by atoms with Crippen LogP contribution in [0.5, 0.6) is 11.5 Å². The smallest absolute Gasteiger partial charge is 0.162 e. The molecule has 1 unspecified atom stereocenters. The molecule has 104 valence electrons. The van der Waals surface area contributed by atoms with Gasteiger partial charge >= 0.3 is 0 Å². The number of nitrogens with zero attached hydrogens (tertiary/aromatic N) is 1.